The monoisotopic (exact) mass is 830 g/mol. The Kier molecular flexibility index (Phi) is 11.0. The lowest BCUT2D eigenvalue weighted by molar-refractivity contribution is 0.414. The van der Waals surface area contributed by atoms with Gasteiger partial charge in [-0.1, -0.05) is 115 Å². The zero-order valence-electron chi connectivity index (χ0n) is 30.9. The van der Waals surface area contributed by atoms with Crippen molar-refractivity contribution in [3.63, 3.8) is 0 Å². The fraction of sp³-hybridized carbons (Fsp3) is 0.234. The molecule has 6 aromatic carbocycles. The van der Waals surface area contributed by atoms with Gasteiger partial charge in [-0.2, -0.15) is 0 Å². The summed E-state index contributed by atoms with van der Waals surface area (Å²) in [5.74, 6) is 9.46. The molecule has 278 valence electrons. The minimum atomic E-state index is -0.133. The molecule has 2 nitrogen and oxygen atoms in total. The van der Waals surface area contributed by atoms with Crippen molar-refractivity contribution in [2.45, 2.75) is 19.2 Å². The second-order valence-electron chi connectivity index (χ2n) is 13.8. The lowest BCUT2D eigenvalue weighted by Crippen LogP contribution is -2.16. The highest BCUT2D eigenvalue weighted by atomic mass is 32.2. The molecule has 3 aliphatic heterocycles. The van der Waals surface area contributed by atoms with Crippen molar-refractivity contribution in [3.8, 4) is 28.4 Å². The molecule has 3 heterocycles. The fourth-order valence-corrected chi connectivity index (χ4v) is 17.6. The van der Waals surface area contributed by atoms with Crippen LogP contribution in [0.4, 0.5) is 0 Å². The third kappa shape index (κ3) is 7.25. The number of thioether (sulfide) groups is 6. The Labute approximate surface area is 351 Å². The molecular formula is C47H42O2S6. The summed E-state index contributed by atoms with van der Waals surface area (Å²) in [7, 11) is 1.72. The van der Waals surface area contributed by atoms with Crippen LogP contribution in [-0.4, -0.2) is 41.6 Å². The number of hydrogen-bond donors (Lipinski definition) is 0. The van der Waals surface area contributed by atoms with E-state index < -0.39 is 0 Å². The largest absolute Gasteiger partial charge is 0.497 e. The second kappa shape index (κ2) is 16.1. The molecule has 0 saturated carbocycles. The fourth-order valence-electron chi connectivity index (χ4n) is 7.71. The van der Waals surface area contributed by atoms with E-state index in [2.05, 4.69) is 176 Å². The molecule has 0 atom stereocenters. The molecule has 55 heavy (non-hydrogen) atoms. The van der Waals surface area contributed by atoms with E-state index in [1.165, 1.54) is 61.6 Å². The van der Waals surface area contributed by atoms with E-state index in [-0.39, 0.29) is 12.2 Å². The third-order valence-electron chi connectivity index (χ3n) is 10.6. The van der Waals surface area contributed by atoms with Crippen LogP contribution < -0.4 is 9.47 Å². The van der Waals surface area contributed by atoms with Crippen LogP contribution in [0, 0.1) is 6.92 Å². The zero-order chi connectivity index (χ0) is 37.3. The van der Waals surface area contributed by atoms with Gasteiger partial charge in [0.15, 0.2) is 0 Å². The Balaban J connectivity index is 0.905. The summed E-state index contributed by atoms with van der Waals surface area (Å²) in [4.78, 5) is 0. The maximum absolute atomic E-state index is 6.42. The molecule has 0 amide bonds. The van der Waals surface area contributed by atoms with Gasteiger partial charge in [-0.05, 0) is 87.8 Å². The molecule has 8 heteroatoms. The Morgan fingerprint density at radius 1 is 0.345 bits per heavy atom. The van der Waals surface area contributed by atoms with E-state index in [1.54, 1.807) is 7.11 Å². The third-order valence-corrected chi connectivity index (χ3v) is 21.2. The molecule has 0 aromatic heterocycles. The summed E-state index contributed by atoms with van der Waals surface area (Å²) in [6.07, 6.45) is 0. The maximum atomic E-state index is 6.42. The molecule has 0 radical (unpaired) electrons. The lowest BCUT2D eigenvalue weighted by atomic mass is 9.97. The second-order valence-corrected chi connectivity index (χ2v) is 22.5. The van der Waals surface area contributed by atoms with E-state index in [1.807, 2.05) is 47.0 Å². The number of rotatable bonds is 10. The van der Waals surface area contributed by atoms with Crippen LogP contribution in [-0.2, 0) is 12.2 Å². The highest BCUT2D eigenvalue weighted by molar-refractivity contribution is 8.21. The van der Waals surface area contributed by atoms with Gasteiger partial charge in [-0.25, -0.2) is 0 Å². The van der Waals surface area contributed by atoms with Crippen LogP contribution >= 0.6 is 70.6 Å². The van der Waals surface area contributed by atoms with Gasteiger partial charge in [0.25, 0.3) is 0 Å². The Hall–Kier alpha value is -2.98. The van der Waals surface area contributed by atoms with Crippen LogP contribution in [0.15, 0.2) is 146 Å². The van der Waals surface area contributed by atoms with Crippen LogP contribution in [0.1, 0.15) is 38.9 Å². The first-order valence-electron chi connectivity index (χ1n) is 18.7. The predicted molar refractivity (Wildman–Crippen MR) is 246 cm³/mol. The summed E-state index contributed by atoms with van der Waals surface area (Å²) in [5.41, 5.74) is 11.8. The molecule has 0 unspecified atom stereocenters. The summed E-state index contributed by atoms with van der Waals surface area (Å²) >= 11 is 12.2. The van der Waals surface area contributed by atoms with Gasteiger partial charge in [0.2, 0.25) is 0 Å². The number of benzene rings is 6. The highest BCUT2D eigenvalue weighted by Gasteiger charge is 2.41. The van der Waals surface area contributed by atoms with E-state index in [0.29, 0.717) is 0 Å². The maximum Gasteiger partial charge on any atom is 0.127 e. The minimum absolute atomic E-state index is 0.0279. The van der Waals surface area contributed by atoms with Crippen LogP contribution in [0.25, 0.3) is 11.1 Å². The van der Waals surface area contributed by atoms with Gasteiger partial charge in [-0.3, -0.25) is 0 Å². The standard InChI is InChI=1S/C47H42O2S6/c1-33-3-9-36(10-4-33)45(50-27-28-51-45)37-11-5-34(6-12-37)35-7-13-38(14-8-35)46(52-29-30-53-46)40-17-23-43(24-18-40)49-44-25-19-41(20-26-44)47(54-31-32-55-47)39-15-21-42(48-2)22-16-39/h3-26H,27-32H2,1-2H3. The molecule has 3 fully saturated rings. The van der Waals surface area contributed by atoms with Crippen molar-refractivity contribution in [1.82, 2.24) is 0 Å². The molecule has 0 spiro atoms. The van der Waals surface area contributed by atoms with E-state index in [9.17, 15) is 0 Å². The Bertz CT molecular complexity index is 2200. The lowest BCUT2D eigenvalue weighted by Gasteiger charge is -2.29. The Morgan fingerprint density at radius 2 is 0.600 bits per heavy atom. The van der Waals surface area contributed by atoms with E-state index >= 15 is 0 Å². The van der Waals surface area contributed by atoms with E-state index in [4.69, 9.17) is 9.47 Å². The van der Waals surface area contributed by atoms with Crippen molar-refractivity contribution in [2.75, 3.05) is 41.6 Å². The molecule has 0 aliphatic carbocycles. The average Bonchev–Trinajstić information content (AvgIpc) is 4.06. The van der Waals surface area contributed by atoms with Crippen molar-refractivity contribution in [1.29, 1.82) is 0 Å². The van der Waals surface area contributed by atoms with Crippen LogP contribution in [0.5, 0.6) is 17.2 Å². The van der Waals surface area contributed by atoms with Crippen molar-refractivity contribution in [3.05, 3.63) is 185 Å². The van der Waals surface area contributed by atoms with Crippen LogP contribution in [0.3, 0.4) is 0 Å². The molecule has 0 bridgehead atoms. The quantitative estimate of drug-likeness (QED) is 0.134. The summed E-state index contributed by atoms with van der Waals surface area (Å²) in [6.45, 7) is 2.16. The van der Waals surface area contributed by atoms with E-state index in [0.717, 1.165) is 40.3 Å². The number of ether oxygens (including phenoxy) is 2. The van der Waals surface area contributed by atoms with Crippen molar-refractivity contribution in [2.24, 2.45) is 0 Å². The van der Waals surface area contributed by atoms with Crippen molar-refractivity contribution < 1.29 is 9.47 Å². The summed E-state index contributed by atoms with van der Waals surface area (Å²) < 4.78 is 11.6. The van der Waals surface area contributed by atoms with Crippen LogP contribution in [0.2, 0.25) is 0 Å². The number of aryl methyl sites for hydroxylation is 1. The normalized spacial score (nSPS) is 18.3. The average molecular weight is 831 g/mol. The Morgan fingerprint density at radius 3 is 0.891 bits per heavy atom. The first kappa shape index (κ1) is 37.6. The molecule has 6 aromatic rings. The van der Waals surface area contributed by atoms with Gasteiger partial charge >= 0.3 is 0 Å². The molecule has 9 rings (SSSR count). The topological polar surface area (TPSA) is 18.5 Å². The minimum Gasteiger partial charge on any atom is -0.497 e. The molecule has 3 aliphatic rings. The van der Waals surface area contributed by atoms with Gasteiger partial charge in [0, 0.05) is 34.5 Å². The molecular weight excluding hydrogens is 789 g/mol. The van der Waals surface area contributed by atoms with Gasteiger partial charge in [0.1, 0.15) is 29.5 Å². The smallest absolute Gasteiger partial charge is 0.127 e. The van der Waals surface area contributed by atoms with Crippen molar-refractivity contribution >= 4 is 70.6 Å². The van der Waals surface area contributed by atoms with Gasteiger partial charge in [-0.15, -0.1) is 70.6 Å². The summed E-state index contributed by atoms with van der Waals surface area (Å²) in [6, 6.07) is 53.8. The number of hydrogen-bond acceptors (Lipinski definition) is 8. The SMILES string of the molecule is COc1ccc(C2(c3ccc(Oc4ccc(C5(c6ccc(-c7ccc(C8(c9ccc(C)cc9)SCCS8)cc7)cc6)SCCS5)cc4)cc3)SCCS2)cc1. The predicted octanol–water partition coefficient (Wildman–Crippen LogP) is 13.5. The summed E-state index contributed by atoms with van der Waals surface area (Å²) in [5, 5.41) is 0. The first-order chi connectivity index (χ1) is 27.0. The molecule has 0 N–H and O–H groups in total. The molecule has 3 saturated heterocycles. The number of methoxy groups -OCH3 is 1. The first-order valence-corrected chi connectivity index (χ1v) is 24.6. The van der Waals surface area contributed by atoms with Gasteiger partial charge in [0.05, 0.1) is 7.11 Å². The zero-order valence-corrected chi connectivity index (χ0v) is 35.8. The van der Waals surface area contributed by atoms with Gasteiger partial charge < -0.3 is 9.47 Å². The highest BCUT2D eigenvalue weighted by Crippen LogP contribution is 2.59.